The van der Waals surface area contributed by atoms with Gasteiger partial charge in [-0.05, 0) is 37.0 Å². The first-order valence-corrected chi connectivity index (χ1v) is 7.20. The molecule has 2 N–H and O–H groups in total. The normalized spacial score (nSPS) is 12.5. The Hall–Kier alpha value is -0.770. The summed E-state index contributed by atoms with van der Waals surface area (Å²) in [6.07, 6.45) is 2.81. The van der Waals surface area contributed by atoms with E-state index in [9.17, 15) is 0 Å². The first-order valence-electron chi connectivity index (χ1n) is 6.82. The summed E-state index contributed by atoms with van der Waals surface area (Å²) in [6, 6.07) is 6.39. The number of halogens is 1. The molecule has 0 fully saturated rings. The smallest absolute Gasteiger partial charge is 0.0479 e. The highest BCUT2D eigenvalue weighted by atomic mass is 35.5. The number of ether oxygens (including phenoxy) is 1. The molecular weight excluding hydrogens is 260 g/mol. The SMILES string of the molecule is CCC(N)Cc1ccc(N(C)CCCOC)cc1Cl. The van der Waals surface area contributed by atoms with Crippen LogP contribution in [0.3, 0.4) is 0 Å². The maximum absolute atomic E-state index is 6.33. The lowest BCUT2D eigenvalue weighted by atomic mass is 10.0. The van der Waals surface area contributed by atoms with E-state index in [1.54, 1.807) is 7.11 Å². The van der Waals surface area contributed by atoms with Crippen molar-refractivity contribution in [1.29, 1.82) is 0 Å². The summed E-state index contributed by atoms with van der Waals surface area (Å²) in [4.78, 5) is 2.19. The van der Waals surface area contributed by atoms with Crippen LogP contribution in [0.4, 0.5) is 5.69 Å². The maximum atomic E-state index is 6.33. The van der Waals surface area contributed by atoms with Gasteiger partial charge in [0.1, 0.15) is 0 Å². The lowest BCUT2D eigenvalue weighted by molar-refractivity contribution is 0.196. The van der Waals surface area contributed by atoms with E-state index in [-0.39, 0.29) is 6.04 Å². The van der Waals surface area contributed by atoms with Crippen molar-refractivity contribution >= 4 is 17.3 Å². The van der Waals surface area contributed by atoms with Crippen LogP contribution in [0.2, 0.25) is 5.02 Å². The Balaban J connectivity index is 2.65. The molecule has 1 atom stereocenters. The molecule has 0 radical (unpaired) electrons. The van der Waals surface area contributed by atoms with Gasteiger partial charge < -0.3 is 15.4 Å². The predicted octanol–water partition coefficient (Wildman–Crippen LogP) is 3.09. The van der Waals surface area contributed by atoms with E-state index < -0.39 is 0 Å². The molecule has 0 saturated carbocycles. The van der Waals surface area contributed by atoms with E-state index in [0.717, 1.165) is 48.7 Å². The zero-order valence-electron chi connectivity index (χ0n) is 12.2. The highest BCUT2D eigenvalue weighted by Crippen LogP contribution is 2.24. The van der Waals surface area contributed by atoms with Gasteiger partial charge in [-0.1, -0.05) is 24.6 Å². The first-order chi connectivity index (χ1) is 9.08. The van der Waals surface area contributed by atoms with Gasteiger partial charge in [-0.2, -0.15) is 0 Å². The molecule has 1 aromatic rings. The van der Waals surface area contributed by atoms with Crippen molar-refractivity contribution in [3.8, 4) is 0 Å². The third kappa shape index (κ3) is 5.39. The minimum Gasteiger partial charge on any atom is -0.385 e. The van der Waals surface area contributed by atoms with Gasteiger partial charge in [0, 0.05) is 44.1 Å². The molecule has 108 valence electrons. The molecule has 0 aliphatic heterocycles. The molecule has 0 amide bonds. The standard InChI is InChI=1S/C15H25ClN2O/c1-4-13(17)10-12-6-7-14(11-15(12)16)18(2)8-5-9-19-3/h6-7,11,13H,4-5,8-10,17H2,1-3H3. The van der Waals surface area contributed by atoms with Gasteiger partial charge in [-0.25, -0.2) is 0 Å². The second-order valence-electron chi connectivity index (χ2n) is 4.92. The molecule has 0 saturated heterocycles. The fourth-order valence-corrected chi connectivity index (χ4v) is 2.19. The number of nitrogens with zero attached hydrogens (tertiary/aromatic N) is 1. The van der Waals surface area contributed by atoms with Crippen molar-refractivity contribution in [3.05, 3.63) is 28.8 Å². The number of hydrogen-bond acceptors (Lipinski definition) is 3. The van der Waals surface area contributed by atoms with E-state index >= 15 is 0 Å². The second-order valence-corrected chi connectivity index (χ2v) is 5.32. The number of nitrogens with two attached hydrogens (primary N) is 1. The lowest BCUT2D eigenvalue weighted by Crippen LogP contribution is -2.22. The van der Waals surface area contributed by atoms with E-state index in [1.807, 2.05) is 6.07 Å². The Labute approximate surface area is 121 Å². The summed E-state index contributed by atoms with van der Waals surface area (Å²) in [5.41, 5.74) is 8.23. The maximum Gasteiger partial charge on any atom is 0.0479 e. The van der Waals surface area contributed by atoms with Crippen molar-refractivity contribution in [3.63, 3.8) is 0 Å². The fraction of sp³-hybridized carbons (Fsp3) is 0.600. The van der Waals surface area contributed by atoms with E-state index in [0.29, 0.717) is 0 Å². The number of benzene rings is 1. The second kappa shape index (κ2) is 8.41. The highest BCUT2D eigenvalue weighted by molar-refractivity contribution is 6.31. The van der Waals surface area contributed by atoms with Gasteiger partial charge >= 0.3 is 0 Å². The summed E-state index contributed by atoms with van der Waals surface area (Å²) in [5.74, 6) is 0. The van der Waals surface area contributed by atoms with Gasteiger partial charge in [-0.3, -0.25) is 0 Å². The van der Waals surface area contributed by atoms with Gasteiger partial charge in [0.05, 0.1) is 0 Å². The Morgan fingerprint density at radius 1 is 1.42 bits per heavy atom. The zero-order valence-corrected chi connectivity index (χ0v) is 12.9. The molecule has 1 rings (SSSR count). The van der Waals surface area contributed by atoms with Crippen LogP contribution in [0, 0.1) is 0 Å². The Morgan fingerprint density at radius 3 is 2.74 bits per heavy atom. The minimum absolute atomic E-state index is 0.183. The van der Waals surface area contributed by atoms with Gasteiger partial charge in [0.15, 0.2) is 0 Å². The molecule has 0 aliphatic rings. The average molecular weight is 285 g/mol. The number of anilines is 1. The summed E-state index contributed by atoms with van der Waals surface area (Å²) in [7, 11) is 3.79. The molecule has 1 aromatic carbocycles. The topological polar surface area (TPSA) is 38.5 Å². The van der Waals surface area contributed by atoms with Crippen LogP contribution < -0.4 is 10.6 Å². The Morgan fingerprint density at radius 2 is 2.16 bits per heavy atom. The molecular formula is C15H25ClN2O. The van der Waals surface area contributed by atoms with Gasteiger partial charge in [0.2, 0.25) is 0 Å². The van der Waals surface area contributed by atoms with Crippen LogP contribution >= 0.6 is 11.6 Å². The number of hydrogen-bond donors (Lipinski definition) is 1. The van der Waals surface area contributed by atoms with Crippen molar-refractivity contribution in [2.75, 3.05) is 32.2 Å². The lowest BCUT2D eigenvalue weighted by Gasteiger charge is -2.20. The first kappa shape index (κ1) is 16.3. The van der Waals surface area contributed by atoms with Crippen LogP contribution in [0.1, 0.15) is 25.3 Å². The minimum atomic E-state index is 0.183. The summed E-state index contributed by atoms with van der Waals surface area (Å²) in [5, 5.41) is 0.806. The van der Waals surface area contributed by atoms with Gasteiger partial charge in [0.25, 0.3) is 0 Å². The van der Waals surface area contributed by atoms with Crippen LogP contribution in [0.25, 0.3) is 0 Å². The quantitative estimate of drug-likeness (QED) is 0.746. The summed E-state index contributed by atoms with van der Waals surface area (Å²) >= 11 is 6.33. The van der Waals surface area contributed by atoms with Crippen molar-refractivity contribution in [1.82, 2.24) is 0 Å². The molecule has 0 heterocycles. The predicted molar refractivity (Wildman–Crippen MR) is 83.2 cm³/mol. The third-order valence-corrected chi connectivity index (χ3v) is 3.68. The zero-order chi connectivity index (χ0) is 14.3. The molecule has 0 aromatic heterocycles. The van der Waals surface area contributed by atoms with Gasteiger partial charge in [-0.15, -0.1) is 0 Å². The molecule has 0 spiro atoms. The number of methoxy groups -OCH3 is 1. The summed E-state index contributed by atoms with van der Waals surface area (Å²) < 4.78 is 5.06. The van der Waals surface area contributed by atoms with Crippen molar-refractivity contribution < 1.29 is 4.74 Å². The molecule has 0 bridgehead atoms. The Bertz CT molecular complexity index is 384. The molecule has 1 unspecified atom stereocenters. The molecule has 3 nitrogen and oxygen atoms in total. The van der Waals surface area contributed by atoms with Crippen LogP contribution in [-0.2, 0) is 11.2 Å². The third-order valence-electron chi connectivity index (χ3n) is 3.33. The van der Waals surface area contributed by atoms with Crippen molar-refractivity contribution in [2.24, 2.45) is 5.73 Å². The fourth-order valence-electron chi connectivity index (χ4n) is 1.94. The molecule has 4 heteroatoms. The molecule has 0 aliphatic carbocycles. The summed E-state index contributed by atoms with van der Waals surface area (Å²) in [6.45, 7) is 3.83. The number of rotatable bonds is 8. The van der Waals surface area contributed by atoms with Crippen molar-refractivity contribution in [2.45, 2.75) is 32.2 Å². The monoisotopic (exact) mass is 284 g/mol. The average Bonchev–Trinajstić information content (AvgIpc) is 2.41. The van der Waals surface area contributed by atoms with E-state index in [1.165, 1.54) is 0 Å². The van der Waals surface area contributed by atoms with Crippen LogP contribution in [-0.4, -0.2) is 33.4 Å². The van der Waals surface area contributed by atoms with Crippen LogP contribution in [0.5, 0.6) is 0 Å². The Kier molecular flexibility index (Phi) is 7.21. The molecule has 19 heavy (non-hydrogen) atoms. The largest absolute Gasteiger partial charge is 0.385 e. The highest BCUT2D eigenvalue weighted by Gasteiger charge is 2.08. The van der Waals surface area contributed by atoms with Crippen LogP contribution in [0.15, 0.2) is 18.2 Å². The van der Waals surface area contributed by atoms with E-state index in [2.05, 4.69) is 31.0 Å². The van der Waals surface area contributed by atoms with E-state index in [4.69, 9.17) is 22.1 Å².